The highest BCUT2D eigenvalue weighted by molar-refractivity contribution is 6.30. The smallest absolute Gasteiger partial charge is 0.229 e. The van der Waals surface area contributed by atoms with Gasteiger partial charge in [-0.05, 0) is 72.6 Å². The van der Waals surface area contributed by atoms with Crippen molar-refractivity contribution in [2.45, 2.75) is 37.7 Å². The molecule has 1 amide bonds. The molecular formula is C26H23ClN4O2. The Hall–Kier alpha value is -3.38. The Morgan fingerprint density at radius 1 is 1.12 bits per heavy atom. The second-order valence-electron chi connectivity index (χ2n) is 8.87. The van der Waals surface area contributed by atoms with Crippen LogP contribution in [0.25, 0.3) is 5.65 Å². The standard InChI is InChI=1S/C26H23ClN4O2/c27-19-4-1-3-17(11-19)21-12-22(21)26(32)30-25-23(5-2-10-28-25)33-15-20-14-31-13-18(16-6-7-16)8-9-24(31)29-20/h1-5,8-11,13-14,16,21-22H,6-7,12,15H2,(H,28,30,32). The Bertz CT molecular complexity index is 1350. The van der Waals surface area contributed by atoms with Gasteiger partial charge in [0.15, 0.2) is 11.6 Å². The second kappa shape index (κ2) is 8.19. The van der Waals surface area contributed by atoms with Crippen molar-refractivity contribution in [3.63, 3.8) is 0 Å². The number of fused-ring (bicyclic) bond motifs is 1. The highest BCUT2D eigenvalue weighted by Gasteiger charge is 2.44. The SMILES string of the molecule is O=C(Nc1ncccc1OCc1cn2cc(C3CC3)ccc2n1)C1CC1c1cccc(Cl)c1. The summed E-state index contributed by atoms with van der Waals surface area (Å²) in [5.41, 5.74) is 4.18. The average molecular weight is 459 g/mol. The molecule has 6 rings (SSSR count). The number of aromatic nitrogens is 3. The number of nitrogens with one attached hydrogen (secondary N) is 1. The van der Waals surface area contributed by atoms with Crippen molar-refractivity contribution < 1.29 is 9.53 Å². The van der Waals surface area contributed by atoms with Crippen molar-refractivity contribution in [3.05, 3.63) is 89.0 Å². The topological polar surface area (TPSA) is 68.5 Å². The molecule has 0 aliphatic heterocycles. The van der Waals surface area contributed by atoms with Crippen molar-refractivity contribution in [3.8, 4) is 5.75 Å². The van der Waals surface area contributed by atoms with Crippen LogP contribution < -0.4 is 10.1 Å². The Kier molecular flexibility index (Phi) is 5.03. The monoisotopic (exact) mass is 458 g/mol. The Labute approximate surface area is 196 Å². The van der Waals surface area contributed by atoms with Gasteiger partial charge in [0.25, 0.3) is 0 Å². The molecule has 2 fully saturated rings. The number of amides is 1. The normalized spacial score (nSPS) is 19.4. The van der Waals surface area contributed by atoms with Gasteiger partial charge in [0.05, 0.1) is 5.69 Å². The fraction of sp³-hybridized carbons (Fsp3) is 0.269. The third-order valence-electron chi connectivity index (χ3n) is 6.36. The van der Waals surface area contributed by atoms with Gasteiger partial charge >= 0.3 is 0 Å². The van der Waals surface area contributed by atoms with Gasteiger partial charge in [0.1, 0.15) is 12.3 Å². The van der Waals surface area contributed by atoms with Crippen LogP contribution in [0.15, 0.2) is 67.1 Å². The van der Waals surface area contributed by atoms with E-state index < -0.39 is 0 Å². The molecule has 7 heteroatoms. The highest BCUT2D eigenvalue weighted by Crippen LogP contribution is 2.48. The highest BCUT2D eigenvalue weighted by atomic mass is 35.5. The number of anilines is 1. The van der Waals surface area contributed by atoms with E-state index in [1.54, 1.807) is 12.3 Å². The lowest BCUT2D eigenvalue weighted by Crippen LogP contribution is -2.16. The minimum absolute atomic E-state index is 0.0520. The van der Waals surface area contributed by atoms with Crippen LogP contribution in [0.4, 0.5) is 5.82 Å². The molecule has 3 aromatic heterocycles. The van der Waals surface area contributed by atoms with Crippen LogP contribution >= 0.6 is 11.6 Å². The van der Waals surface area contributed by atoms with Crippen LogP contribution in [0.3, 0.4) is 0 Å². The van der Waals surface area contributed by atoms with E-state index in [4.69, 9.17) is 16.3 Å². The van der Waals surface area contributed by atoms with E-state index in [1.807, 2.05) is 36.5 Å². The molecule has 0 radical (unpaired) electrons. The zero-order valence-corrected chi connectivity index (χ0v) is 18.7. The summed E-state index contributed by atoms with van der Waals surface area (Å²) in [5, 5.41) is 3.63. The Morgan fingerprint density at radius 3 is 2.88 bits per heavy atom. The molecule has 2 saturated carbocycles. The molecule has 1 N–H and O–H groups in total. The molecule has 0 saturated heterocycles. The molecule has 6 nitrogen and oxygen atoms in total. The molecule has 4 aromatic rings. The number of halogens is 1. The lowest BCUT2D eigenvalue weighted by atomic mass is 10.1. The van der Waals surface area contributed by atoms with Crippen LogP contribution in [-0.4, -0.2) is 20.3 Å². The van der Waals surface area contributed by atoms with Crippen molar-refractivity contribution >= 4 is 29.0 Å². The maximum Gasteiger partial charge on any atom is 0.229 e. The number of carbonyl (C=O) groups excluding carboxylic acids is 1. The minimum Gasteiger partial charge on any atom is -0.483 e. The first-order valence-corrected chi connectivity index (χ1v) is 11.6. The summed E-state index contributed by atoms with van der Waals surface area (Å²) in [6.07, 6.45) is 9.15. The Morgan fingerprint density at radius 2 is 2.03 bits per heavy atom. The number of nitrogens with zero attached hydrogens (tertiary/aromatic N) is 3. The molecule has 3 heterocycles. The lowest BCUT2D eigenvalue weighted by Gasteiger charge is -2.10. The number of pyridine rings is 2. The predicted octanol–water partition coefficient (Wildman–Crippen LogP) is 5.58. The molecule has 2 aliphatic carbocycles. The van der Waals surface area contributed by atoms with Gasteiger partial charge in [-0.3, -0.25) is 4.79 Å². The number of hydrogen-bond donors (Lipinski definition) is 1. The quantitative estimate of drug-likeness (QED) is 0.392. The summed E-state index contributed by atoms with van der Waals surface area (Å²) < 4.78 is 8.06. The van der Waals surface area contributed by atoms with E-state index in [0.717, 1.165) is 23.3 Å². The molecule has 2 aliphatic rings. The van der Waals surface area contributed by atoms with Gasteiger partial charge in [0, 0.05) is 29.5 Å². The first kappa shape index (κ1) is 20.2. The minimum atomic E-state index is -0.0857. The number of hydrogen-bond acceptors (Lipinski definition) is 4. The molecule has 0 spiro atoms. The number of carbonyl (C=O) groups is 1. The van der Waals surface area contributed by atoms with E-state index in [2.05, 4.69) is 38.0 Å². The van der Waals surface area contributed by atoms with Crippen molar-refractivity contribution in [2.75, 3.05) is 5.32 Å². The summed E-state index contributed by atoms with van der Waals surface area (Å²) in [6, 6.07) is 15.5. The van der Waals surface area contributed by atoms with Crippen LogP contribution in [0, 0.1) is 5.92 Å². The first-order valence-electron chi connectivity index (χ1n) is 11.3. The van der Waals surface area contributed by atoms with E-state index >= 15 is 0 Å². The van der Waals surface area contributed by atoms with Crippen LogP contribution in [-0.2, 0) is 11.4 Å². The third kappa shape index (κ3) is 4.31. The largest absolute Gasteiger partial charge is 0.483 e. The van der Waals surface area contributed by atoms with E-state index in [-0.39, 0.29) is 17.7 Å². The maximum atomic E-state index is 12.8. The van der Waals surface area contributed by atoms with Gasteiger partial charge in [0.2, 0.25) is 5.91 Å². The van der Waals surface area contributed by atoms with Crippen LogP contribution in [0.5, 0.6) is 5.75 Å². The fourth-order valence-corrected chi connectivity index (χ4v) is 4.54. The summed E-state index contributed by atoms with van der Waals surface area (Å²) in [5.74, 6) is 1.71. The van der Waals surface area contributed by atoms with Crippen molar-refractivity contribution in [2.24, 2.45) is 5.92 Å². The van der Waals surface area contributed by atoms with E-state index in [9.17, 15) is 4.79 Å². The van der Waals surface area contributed by atoms with Gasteiger partial charge in [-0.15, -0.1) is 0 Å². The average Bonchev–Trinajstić information content (AvgIpc) is 3.74. The van der Waals surface area contributed by atoms with E-state index in [0.29, 0.717) is 29.1 Å². The van der Waals surface area contributed by atoms with Gasteiger partial charge in [-0.2, -0.15) is 0 Å². The molecular weight excluding hydrogens is 436 g/mol. The first-order chi connectivity index (χ1) is 16.1. The maximum absolute atomic E-state index is 12.8. The zero-order valence-electron chi connectivity index (χ0n) is 17.9. The van der Waals surface area contributed by atoms with Crippen LogP contribution in [0.1, 0.15) is 47.9 Å². The lowest BCUT2D eigenvalue weighted by molar-refractivity contribution is -0.117. The van der Waals surface area contributed by atoms with E-state index in [1.165, 1.54) is 18.4 Å². The van der Waals surface area contributed by atoms with Gasteiger partial charge in [-0.25, -0.2) is 9.97 Å². The number of imidazole rings is 1. The second-order valence-corrected chi connectivity index (χ2v) is 9.30. The summed E-state index contributed by atoms with van der Waals surface area (Å²) in [6.45, 7) is 0.295. The molecule has 2 atom stereocenters. The number of benzene rings is 1. The fourth-order valence-electron chi connectivity index (χ4n) is 4.34. The predicted molar refractivity (Wildman–Crippen MR) is 127 cm³/mol. The molecule has 1 aromatic carbocycles. The van der Waals surface area contributed by atoms with Gasteiger partial charge in [-0.1, -0.05) is 29.8 Å². The van der Waals surface area contributed by atoms with Crippen molar-refractivity contribution in [1.29, 1.82) is 0 Å². The zero-order chi connectivity index (χ0) is 22.4. The molecule has 166 valence electrons. The summed E-state index contributed by atoms with van der Waals surface area (Å²) in [7, 11) is 0. The number of ether oxygens (including phenoxy) is 1. The van der Waals surface area contributed by atoms with Gasteiger partial charge < -0.3 is 14.5 Å². The number of rotatable bonds is 7. The summed E-state index contributed by atoms with van der Waals surface area (Å²) >= 11 is 6.10. The molecule has 0 bridgehead atoms. The summed E-state index contributed by atoms with van der Waals surface area (Å²) in [4.78, 5) is 21.8. The van der Waals surface area contributed by atoms with Crippen molar-refractivity contribution in [1.82, 2.24) is 14.4 Å². The molecule has 2 unspecified atom stereocenters. The van der Waals surface area contributed by atoms with Crippen LogP contribution in [0.2, 0.25) is 5.02 Å². The molecule has 33 heavy (non-hydrogen) atoms. The Balaban J connectivity index is 1.12. The third-order valence-corrected chi connectivity index (χ3v) is 6.60.